The first-order valence-corrected chi connectivity index (χ1v) is 8.51. The number of hydrogen-bond donors (Lipinski definition) is 0. The fraction of sp³-hybridized carbons (Fsp3) is 0.400. The summed E-state index contributed by atoms with van der Waals surface area (Å²) in [6, 6.07) is 7.29. The highest BCUT2D eigenvalue weighted by Gasteiger charge is 2.62. The molecule has 2 aliphatic carbocycles. The Kier molecular flexibility index (Phi) is 3.37. The molecule has 124 valence electrons. The summed E-state index contributed by atoms with van der Waals surface area (Å²) in [5.74, 6) is 0.0421. The number of rotatable bonds is 3. The van der Waals surface area contributed by atoms with Gasteiger partial charge in [0.1, 0.15) is 5.75 Å². The van der Waals surface area contributed by atoms with Crippen molar-refractivity contribution < 1.29 is 14.3 Å². The molecule has 0 unspecified atom stereocenters. The number of allylic oxidation sites excluding steroid dienone is 4. The topological polar surface area (TPSA) is 46.6 Å². The van der Waals surface area contributed by atoms with E-state index < -0.39 is 0 Å². The molecule has 0 spiro atoms. The molecule has 4 heteroatoms. The van der Waals surface area contributed by atoms with Crippen LogP contribution in [0.15, 0.2) is 47.6 Å². The predicted octanol–water partition coefficient (Wildman–Crippen LogP) is 3.34. The molecule has 1 aromatic carbocycles. The second-order valence-corrected chi connectivity index (χ2v) is 6.86. The molecule has 24 heavy (non-hydrogen) atoms. The van der Waals surface area contributed by atoms with E-state index in [2.05, 4.69) is 26.0 Å². The van der Waals surface area contributed by atoms with E-state index in [-0.39, 0.29) is 35.5 Å². The monoisotopic (exact) mass is 323 g/mol. The van der Waals surface area contributed by atoms with Crippen LogP contribution in [-0.2, 0) is 9.59 Å². The summed E-state index contributed by atoms with van der Waals surface area (Å²) in [7, 11) is 0. The number of amides is 2. The van der Waals surface area contributed by atoms with Gasteiger partial charge in [-0.15, -0.1) is 0 Å². The Bertz CT molecular complexity index is 754. The Morgan fingerprint density at radius 3 is 2.17 bits per heavy atom. The number of ether oxygens (including phenoxy) is 1. The molecule has 1 saturated heterocycles. The van der Waals surface area contributed by atoms with E-state index in [1.165, 1.54) is 16.0 Å². The SMILES string of the molecule is CCOc1ccccc1N1C(=O)[C@H]2[C@H](C1=O)[C@H]1C=C[C@H]2C1=C(C)C. The van der Waals surface area contributed by atoms with Gasteiger partial charge in [0.15, 0.2) is 0 Å². The number of hydrogen-bond acceptors (Lipinski definition) is 3. The maximum absolute atomic E-state index is 13.1. The van der Waals surface area contributed by atoms with Gasteiger partial charge >= 0.3 is 0 Å². The lowest BCUT2D eigenvalue weighted by molar-refractivity contribution is -0.123. The summed E-state index contributed by atoms with van der Waals surface area (Å²) in [6.07, 6.45) is 4.22. The number of nitrogens with zero attached hydrogens (tertiary/aromatic N) is 1. The van der Waals surface area contributed by atoms with Crippen molar-refractivity contribution in [3.63, 3.8) is 0 Å². The van der Waals surface area contributed by atoms with Crippen LogP contribution in [0.5, 0.6) is 5.75 Å². The molecule has 0 N–H and O–H groups in total. The van der Waals surface area contributed by atoms with Gasteiger partial charge in [-0.2, -0.15) is 0 Å². The Morgan fingerprint density at radius 1 is 1.04 bits per heavy atom. The predicted molar refractivity (Wildman–Crippen MR) is 91.6 cm³/mol. The summed E-state index contributed by atoms with van der Waals surface area (Å²) in [5, 5.41) is 0. The molecule has 4 nitrogen and oxygen atoms in total. The third-order valence-electron chi connectivity index (χ3n) is 5.40. The van der Waals surface area contributed by atoms with E-state index >= 15 is 0 Å². The molecular formula is C20H21NO3. The largest absolute Gasteiger partial charge is 0.492 e. The van der Waals surface area contributed by atoms with Crippen molar-refractivity contribution in [2.45, 2.75) is 20.8 Å². The van der Waals surface area contributed by atoms with Crippen LogP contribution < -0.4 is 9.64 Å². The fourth-order valence-electron chi connectivity index (χ4n) is 4.59. The van der Waals surface area contributed by atoms with E-state index in [9.17, 15) is 9.59 Å². The summed E-state index contributed by atoms with van der Waals surface area (Å²) in [5.41, 5.74) is 3.07. The molecule has 2 fully saturated rings. The Balaban J connectivity index is 1.76. The third-order valence-corrected chi connectivity index (χ3v) is 5.40. The molecule has 4 atom stereocenters. The van der Waals surface area contributed by atoms with Gasteiger partial charge in [0.05, 0.1) is 24.1 Å². The molecule has 0 aromatic heterocycles. The quantitative estimate of drug-likeness (QED) is 0.633. The van der Waals surface area contributed by atoms with Crippen LogP contribution in [0.1, 0.15) is 20.8 Å². The third kappa shape index (κ3) is 1.86. The first-order valence-electron chi connectivity index (χ1n) is 8.51. The van der Waals surface area contributed by atoms with E-state index in [1.807, 2.05) is 25.1 Å². The molecule has 1 heterocycles. The van der Waals surface area contributed by atoms with Crippen LogP contribution in [0.4, 0.5) is 5.69 Å². The minimum absolute atomic E-state index is 0.0747. The van der Waals surface area contributed by atoms with Crippen LogP contribution in [0.3, 0.4) is 0 Å². The standard InChI is InChI=1S/C20H21NO3/c1-4-24-15-8-6-5-7-14(15)21-19(22)17-12-9-10-13(16(12)11(2)3)18(17)20(21)23/h5-10,12-13,17-18H,4H2,1-3H3/t12-,13-,17+,18+/m0/s1. The lowest BCUT2D eigenvalue weighted by Gasteiger charge is -2.21. The highest BCUT2D eigenvalue weighted by atomic mass is 16.5. The van der Waals surface area contributed by atoms with Crippen LogP contribution in [0.25, 0.3) is 0 Å². The van der Waals surface area contributed by atoms with Crippen LogP contribution in [0, 0.1) is 23.7 Å². The summed E-state index contributed by atoms with van der Waals surface area (Å²) >= 11 is 0. The molecule has 2 amide bonds. The van der Waals surface area contributed by atoms with Gasteiger partial charge in [0.2, 0.25) is 11.8 Å². The number of benzene rings is 1. The Morgan fingerprint density at radius 2 is 1.62 bits per heavy atom. The maximum atomic E-state index is 13.1. The number of para-hydroxylation sites is 2. The minimum atomic E-state index is -0.257. The highest BCUT2D eigenvalue weighted by Crippen LogP contribution is 2.57. The number of carbonyl (C=O) groups excluding carboxylic acids is 2. The molecule has 1 aliphatic heterocycles. The van der Waals surface area contributed by atoms with Crippen molar-refractivity contribution in [2.24, 2.45) is 23.7 Å². The van der Waals surface area contributed by atoms with Gasteiger partial charge in [-0.25, -0.2) is 4.90 Å². The van der Waals surface area contributed by atoms with Gasteiger partial charge in [-0.05, 0) is 32.9 Å². The molecule has 2 bridgehead atoms. The molecule has 0 radical (unpaired) electrons. The highest BCUT2D eigenvalue weighted by molar-refractivity contribution is 6.23. The van der Waals surface area contributed by atoms with Crippen molar-refractivity contribution in [3.05, 3.63) is 47.6 Å². The lowest BCUT2D eigenvalue weighted by Crippen LogP contribution is -2.33. The van der Waals surface area contributed by atoms with Gasteiger partial charge in [0, 0.05) is 11.8 Å². The van der Waals surface area contributed by atoms with Gasteiger partial charge in [-0.1, -0.05) is 35.4 Å². The van der Waals surface area contributed by atoms with E-state index in [4.69, 9.17) is 4.74 Å². The first-order chi connectivity index (χ1) is 11.6. The van der Waals surface area contributed by atoms with E-state index in [1.54, 1.807) is 6.07 Å². The zero-order chi connectivity index (χ0) is 17.0. The number of fused-ring (bicyclic) bond motifs is 5. The summed E-state index contributed by atoms with van der Waals surface area (Å²) in [6.45, 7) is 6.53. The van der Waals surface area contributed by atoms with Crippen LogP contribution in [0.2, 0.25) is 0 Å². The van der Waals surface area contributed by atoms with Crippen molar-refractivity contribution >= 4 is 17.5 Å². The van der Waals surface area contributed by atoms with E-state index in [0.717, 1.165) is 0 Å². The molecule has 4 rings (SSSR count). The van der Waals surface area contributed by atoms with Crippen LogP contribution >= 0.6 is 0 Å². The molecular weight excluding hydrogens is 302 g/mol. The lowest BCUT2D eigenvalue weighted by atomic mass is 9.85. The smallest absolute Gasteiger partial charge is 0.238 e. The van der Waals surface area contributed by atoms with Gasteiger partial charge < -0.3 is 4.74 Å². The molecule has 1 aromatic rings. The average molecular weight is 323 g/mol. The first kappa shape index (κ1) is 15.2. The second-order valence-electron chi connectivity index (χ2n) is 6.86. The maximum Gasteiger partial charge on any atom is 0.238 e. The summed E-state index contributed by atoms with van der Waals surface area (Å²) < 4.78 is 5.63. The van der Waals surface area contributed by atoms with E-state index in [0.29, 0.717) is 18.0 Å². The summed E-state index contributed by atoms with van der Waals surface area (Å²) in [4.78, 5) is 27.6. The molecule has 1 saturated carbocycles. The molecule has 3 aliphatic rings. The number of carbonyl (C=O) groups is 2. The normalized spacial score (nSPS) is 30.3. The fourth-order valence-corrected chi connectivity index (χ4v) is 4.59. The zero-order valence-electron chi connectivity index (χ0n) is 14.2. The Hall–Kier alpha value is -2.36. The average Bonchev–Trinajstić information content (AvgIpc) is 3.19. The van der Waals surface area contributed by atoms with Crippen molar-refractivity contribution in [3.8, 4) is 5.75 Å². The van der Waals surface area contributed by atoms with Crippen LogP contribution in [-0.4, -0.2) is 18.4 Å². The zero-order valence-corrected chi connectivity index (χ0v) is 14.2. The van der Waals surface area contributed by atoms with Gasteiger partial charge in [0.25, 0.3) is 0 Å². The second kappa shape index (κ2) is 5.33. The Labute approximate surface area is 141 Å². The number of imide groups is 1. The van der Waals surface area contributed by atoms with Crippen molar-refractivity contribution in [1.29, 1.82) is 0 Å². The van der Waals surface area contributed by atoms with Crippen molar-refractivity contribution in [2.75, 3.05) is 11.5 Å². The minimum Gasteiger partial charge on any atom is -0.492 e. The van der Waals surface area contributed by atoms with Crippen molar-refractivity contribution in [1.82, 2.24) is 0 Å². The van der Waals surface area contributed by atoms with Gasteiger partial charge in [-0.3, -0.25) is 9.59 Å². The number of anilines is 1.